The van der Waals surface area contributed by atoms with Crippen molar-refractivity contribution in [2.75, 3.05) is 0 Å². The van der Waals surface area contributed by atoms with Gasteiger partial charge in [0.25, 0.3) is 5.91 Å². The van der Waals surface area contributed by atoms with Gasteiger partial charge in [0.1, 0.15) is 0 Å². The van der Waals surface area contributed by atoms with E-state index < -0.39 is 10.0 Å². The first-order valence-electron chi connectivity index (χ1n) is 8.08. The van der Waals surface area contributed by atoms with Crippen molar-refractivity contribution in [2.24, 2.45) is 0 Å². The summed E-state index contributed by atoms with van der Waals surface area (Å²) < 4.78 is 27.8. The zero-order valence-corrected chi connectivity index (χ0v) is 15.2. The molecular weight excluding hydrogens is 380 g/mol. The van der Waals surface area contributed by atoms with Crippen molar-refractivity contribution in [3.8, 4) is 0 Å². The smallest absolute Gasteiger partial charge is 0.252 e. The van der Waals surface area contributed by atoms with Crippen LogP contribution in [-0.2, 0) is 10.0 Å². The third kappa shape index (κ3) is 4.33. The van der Waals surface area contributed by atoms with Gasteiger partial charge in [0.05, 0.1) is 10.5 Å². The lowest BCUT2D eigenvalue weighted by Crippen LogP contribution is -2.36. The van der Waals surface area contributed by atoms with Crippen molar-refractivity contribution in [3.05, 3.63) is 28.2 Å². The van der Waals surface area contributed by atoms with Crippen LogP contribution in [0.15, 0.2) is 27.6 Å². The topological polar surface area (TPSA) is 75.3 Å². The van der Waals surface area contributed by atoms with Gasteiger partial charge in [-0.15, -0.1) is 0 Å². The van der Waals surface area contributed by atoms with Crippen LogP contribution in [0.25, 0.3) is 0 Å². The number of hydrogen-bond donors (Lipinski definition) is 2. The second kappa shape index (κ2) is 6.91. The molecule has 0 aliphatic heterocycles. The molecule has 1 aromatic rings. The second-order valence-electron chi connectivity index (χ2n) is 6.35. The molecule has 0 spiro atoms. The van der Waals surface area contributed by atoms with E-state index in [1.165, 1.54) is 18.6 Å². The minimum atomic E-state index is -3.55. The number of carbonyl (C=O) groups is 1. The van der Waals surface area contributed by atoms with Gasteiger partial charge >= 0.3 is 0 Å². The molecule has 0 heterocycles. The van der Waals surface area contributed by atoms with Crippen LogP contribution in [-0.4, -0.2) is 26.4 Å². The predicted octanol–water partition coefficient (Wildman–Crippen LogP) is 2.95. The second-order valence-corrected chi connectivity index (χ2v) is 8.91. The molecule has 2 aliphatic carbocycles. The number of benzene rings is 1. The lowest BCUT2D eigenvalue weighted by Gasteiger charge is -2.23. The Morgan fingerprint density at radius 2 is 1.74 bits per heavy atom. The van der Waals surface area contributed by atoms with Gasteiger partial charge in [0.2, 0.25) is 10.0 Å². The number of halogens is 1. The van der Waals surface area contributed by atoms with Crippen LogP contribution >= 0.6 is 15.9 Å². The van der Waals surface area contributed by atoms with Crippen molar-refractivity contribution in [3.63, 3.8) is 0 Å². The van der Waals surface area contributed by atoms with Crippen LogP contribution in [0, 0.1) is 0 Å². The molecule has 126 valence electrons. The number of hydrogen-bond acceptors (Lipinski definition) is 3. The SMILES string of the molecule is O=C(NC1CCCCC1)c1cc(S(=O)(=O)NC2CC2)ccc1Br. The van der Waals surface area contributed by atoms with E-state index in [2.05, 4.69) is 26.0 Å². The van der Waals surface area contributed by atoms with Gasteiger partial charge in [-0.1, -0.05) is 19.3 Å². The molecule has 2 saturated carbocycles. The fourth-order valence-electron chi connectivity index (χ4n) is 2.84. The predicted molar refractivity (Wildman–Crippen MR) is 91.8 cm³/mol. The minimum absolute atomic E-state index is 0.0446. The quantitative estimate of drug-likeness (QED) is 0.797. The third-order valence-corrected chi connectivity index (χ3v) is 6.54. The first-order chi connectivity index (χ1) is 11.0. The summed E-state index contributed by atoms with van der Waals surface area (Å²) in [5.74, 6) is -0.216. The van der Waals surface area contributed by atoms with Crippen LogP contribution in [0.2, 0.25) is 0 Å². The summed E-state index contributed by atoms with van der Waals surface area (Å²) in [6, 6.07) is 4.83. The largest absolute Gasteiger partial charge is 0.349 e. The summed E-state index contributed by atoms with van der Waals surface area (Å²) in [4.78, 5) is 12.6. The monoisotopic (exact) mass is 400 g/mol. The van der Waals surface area contributed by atoms with Crippen LogP contribution in [0.5, 0.6) is 0 Å². The first kappa shape index (κ1) is 16.9. The summed E-state index contributed by atoms with van der Waals surface area (Å²) in [5, 5.41) is 3.02. The molecule has 1 amide bonds. The maximum atomic E-state index is 12.5. The van der Waals surface area contributed by atoms with E-state index >= 15 is 0 Å². The van der Waals surface area contributed by atoms with Crippen molar-refractivity contribution < 1.29 is 13.2 Å². The average molecular weight is 401 g/mol. The molecule has 23 heavy (non-hydrogen) atoms. The van der Waals surface area contributed by atoms with E-state index in [1.54, 1.807) is 6.07 Å². The molecule has 0 atom stereocenters. The highest BCUT2D eigenvalue weighted by atomic mass is 79.9. The van der Waals surface area contributed by atoms with E-state index in [-0.39, 0.29) is 22.9 Å². The van der Waals surface area contributed by atoms with Gasteiger partial charge in [-0.2, -0.15) is 0 Å². The molecule has 0 radical (unpaired) electrons. The molecule has 2 N–H and O–H groups in total. The molecule has 0 aromatic heterocycles. The summed E-state index contributed by atoms with van der Waals surface area (Å²) in [7, 11) is -3.55. The van der Waals surface area contributed by atoms with Gasteiger partial charge in [-0.3, -0.25) is 4.79 Å². The summed E-state index contributed by atoms with van der Waals surface area (Å²) in [6.07, 6.45) is 7.22. The summed E-state index contributed by atoms with van der Waals surface area (Å²) in [5.41, 5.74) is 0.370. The van der Waals surface area contributed by atoms with E-state index in [1.807, 2.05) is 0 Å². The molecule has 0 unspecified atom stereocenters. The molecule has 2 fully saturated rings. The standard InChI is InChI=1S/C16H21BrN2O3S/c17-15-9-8-13(23(21,22)19-12-6-7-12)10-14(15)16(20)18-11-4-2-1-3-5-11/h8-12,19H,1-7H2,(H,18,20). The van der Waals surface area contributed by atoms with E-state index in [0.717, 1.165) is 38.5 Å². The minimum Gasteiger partial charge on any atom is -0.349 e. The third-order valence-electron chi connectivity index (χ3n) is 4.33. The Labute approximate surface area is 145 Å². The molecule has 1 aromatic carbocycles. The fraction of sp³-hybridized carbons (Fsp3) is 0.562. The van der Waals surface area contributed by atoms with Gasteiger partial charge in [-0.05, 0) is 59.8 Å². The zero-order valence-electron chi connectivity index (χ0n) is 12.8. The highest BCUT2D eigenvalue weighted by Gasteiger charge is 2.29. The highest BCUT2D eigenvalue weighted by molar-refractivity contribution is 9.10. The number of nitrogens with one attached hydrogen (secondary N) is 2. The Hall–Kier alpha value is -0.920. The van der Waals surface area contributed by atoms with Gasteiger partial charge in [0, 0.05) is 16.6 Å². The van der Waals surface area contributed by atoms with Crippen LogP contribution in [0.4, 0.5) is 0 Å². The molecule has 2 aliphatic rings. The Kier molecular flexibility index (Phi) is 5.08. The van der Waals surface area contributed by atoms with Crippen LogP contribution in [0.3, 0.4) is 0 Å². The van der Waals surface area contributed by atoms with E-state index in [9.17, 15) is 13.2 Å². The molecule has 0 saturated heterocycles. The number of rotatable bonds is 5. The lowest BCUT2D eigenvalue weighted by atomic mass is 9.95. The maximum Gasteiger partial charge on any atom is 0.252 e. The summed E-state index contributed by atoms with van der Waals surface area (Å²) in [6.45, 7) is 0. The van der Waals surface area contributed by atoms with E-state index in [0.29, 0.717) is 10.0 Å². The number of amides is 1. The normalized spacial score (nSPS) is 19.5. The Morgan fingerprint density at radius 3 is 2.39 bits per heavy atom. The van der Waals surface area contributed by atoms with Crippen LogP contribution < -0.4 is 10.0 Å². The fourth-order valence-corrected chi connectivity index (χ4v) is 4.60. The molecule has 0 bridgehead atoms. The van der Waals surface area contributed by atoms with Gasteiger partial charge in [0.15, 0.2) is 0 Å². The maximum absolute atomic E-state index is 12.5. The number of sulfonamides is 1. The average Bonchev–Trinajstić information content (AvgIpc) is 3.31. The van der Waals surface area contributed by atoms with Crippen molar-refractivity contribution >= 4 is 31.9 Å². The molecular formula is C16H21BrN2O3S. The first-order valence-corrected chi connectivity index (χ1v) is 10.4. The van der Waals surface area contributed by atoms with Crippen molar-refractivity contribution in [2.45, 2.75) is 61.9 Å². The Balaban J connectivity index is 1.77. The van der Waals surface area contributed by atoms with Crippen LogP contribution in [0.1, 0.15) is 55.3 Å². The highest BCUT2D eigenvalue weighted by Crippen LogP contribution is 2.25. The number of carbonyl (C=O) groups excluding carboxylic acids is 1. The summed E-state index contributed by atoms with van der Waals surface area (Å²) >= 11 is 3.35. The van der Waals surface area contributed by atoms with Gasteiger partial charge < -0.3 is 5.32 Å². The van der Waals surface area contributed by atoms with Gasteiger partial charge in [-0.25, -0.2) is 13.1 Å². The van der Waals surface area contributed by atoms with E-state index in [4.69, 9.17) is 0 Å². The lowest BCUT2D eigenvalue weighted by molar-refractivity contribution is 0.0926. The molecule has 7 heteroatoms. The van der Waals surface area contributed by atoms with Crippen molar-refractivity contribution in [1.82, 2.24) is 10.0 Å². The zero-order chi connectivity index (χ0) is 16.4. The van der Waals surface area contributed by atoms with Crippen molar-refractivity contribution in [1.29, 1.82) is 0 Å². The molecule has 5 nitrogen and oxygen atoms in total. The molecule has 3 rings (SSSR count). The Bertz CT molecular complexity index is 695. The Morgan fingerprint density at radius 1 is 1.04 bits per heavy atom.